The molecule has 2 atom stereocenters. The fraction of sp³-hybridized carbons (Fsp3) is 0.579. The van der Waals surface area contributed by atoms with Crippen LogP contribution in [0.15, 0.2) is 24.5 Å². The number of rotatable bonds is 4. The zero-order valence-electron chi connectivity index (χ0n) is 14.8. The van der Waals surface area contributed by atoms with Gasteiger partial charge in [-0.2, -0.15) is 0 Å². The summed E-state index contributed by atoms with van der Waals surface area (Å²) in [4.78, 5) is 20.8. The van der Waals surface area contributed by atoms with Gasteiger partial charge in [0.25, 0.3) is 5.91 Å². The minimum Gasteiger partial charge on any atom is -0.350 e. The molecule has 0 aromatic carbocycles. The lowest BCUT2D eigenvalue weighted by Gasteiger charge is -2.44. The maximum absolute atomic E-state index is 12.7. The Balaban J connectivity index is 1.40. The van der Waals surface area contributed by atoms with Crippen LogP contribution in [0.4, 0.5) is 0 Å². The van der Waals surface area contributed by atoms with E-state index in [0.29, 0.717) is 17.7 Å². The van der Waals surface area contributed by atoms with Crippen molar-refractivity contribution in [1.29, 1.82) is 0 Å². The van der Waals surface area contributed by atoms with Gasteiger partial charge in [-0.1, -0.05) is 6.42 Å². The lowest BCUT2D eigenvalue weighted by atomic mass is 9.83. The standard InChI is InChI=1S/C19H26N4OS/c1-14-17(21-19(25-14)23-10-4-5-11-23)18(24)20-13-15-7-6-12-22-9-3-2-8-16(15)22/h4-5,10-11,15-16H,2-3,6-9,12-13H2,1H3,(H,20,24)/t15-,16+/m1/s1. The van der Waals surface area contributed by atoms with Gasteiger partial charge in [-0.25, -0.2) is 4.98 Å². The van der Waals surface area contributed by atoms with E-state index in [1.807, 2.05) is 36.0 Å². The maximum Gasteiger partial charge on any atom is 0.271 e. The highest BCUT2D eigenvalue weighted by molar-refractivity contribution is 7.14. The van der Waals surface area contributed by atoms with Gasteiger partial charge < -0.3 is 14.8 Å². The molecule has 5 nitrogen and oxygen atoms in total. The highest BCUT2D eigenvalue weighted by atomic mass is 32.1. The highest BCUT2D eigenvalue weighted by Crippen LogP contribution is 2.30. The molecule has 6 heteroatoms. The molecule has 4 rings (SSSR count). The van der Waals surface area contributed by atoms with Crippen molar-refractivity contribution in [3.8, 4) is 5.13 Å². The first-order valence-corrected chi connectivity index (χ1v) is 10.2. The van der Waals surface area contributed by atoms with Crippen LogP contribution in [-0.4, -0.2) is 46.0 Å². The van der Waals surface area contributed by atoms with Crippen LogP contribution in [0.25, 0.3) is 5.13 Å². The number of piperidine rings is 2. The molecule has 0 unspecified atom stereocenters. The van der Waals surface area contributed by atoms with Crippen molar-refractivity contribution in [3.63, 3.8) is 0 Å². The van der Waals surface area contributed by atoms with Crippen molar-refractivity contribution in [2.24, 2.45) is 5.92 Å². The van der Waals surface area contributed by atoms with Crippen LogP contribution in [0.2, 0.25) is 0 Å². The second-order valence-electron chi connectivity index (χ2n) is 7.20. The SMILES string of the molecule is Cc1sc(-n2cccc2)nc1C(=O)NC[C@H]1CCCN2CCCC[C@@H]12. The molecule has 1 amide bonds. The minimum atomic E-state index is -0.0277. The molecule has 0 spiro atoms. The monoisotopic (exact) mass is 358 g/mol. The lowest BCUT2D eigenvalue weighted by molar-refractivity contribution is 0.0575. The number of nitrogens with zero attached hydrogens (tertiary/aromatic N) is 3. The van der Waals surface area contributed by atoms with E-state index in [1.54, 1.807) is 11.3 Å². The zero-order valence-corrected chi connectivity index (χ0v) is 15.6. The number of hydrogen-bond acceptors (Lipinski definition) is 4. The molecule has 2 aromatic rings. The second-order valence-corrected chi connectivity index (χ2v) is 8.38. The third-order valence-corrected chi connectivity index (χ3v) is 6.56. The minimum absolute atomic E-state index is 0.0277. The van der Waals surface area contributed by atoms with Gasteiger partial charge in [-0.15, -0.1) is 11.3 Å². The molecule has 0 radical (unpaired) electrons. The number of hydrogen-bond donors (Lipinski definition) is 1. The van der Waals surface area contributed by atoms with Crippen molar-refractivity contribution >= 4 is 17.2 Å². The van der Waals surface area contributed by atoms with E-state index in [1.165, 1.54) is 45.2 Å². The zero-order chi connectivity index (χ0) is 17.2. The van der Waals surface area contributed by atoms with Gasteiger partial charge in [0, 0.05) is 29.9 Å². The maximum atomic E-state index is 12.7. The Hall–Kier alpha value is -1.66. The van der Waals surface area contributed by atoms with Crippen LogP contribution >= 0.6 is 11.3 Å². The van der Waals surface area contributed by atoms with Gasteiger partial charge in [-0.3, -0.25) is 4.79 Å². The smallest absolute Gasteiger partial charge is 0.271 e. The Bertz CT molecular complexity index is 722. The number of fused-ring (bicyclic) bond motifs is 1. The fourth-order valence-electron chi connectivity index (χ4n) is 4.29. The summed E-state index contributed by atoms with van der Waals surface area (Å²) >= 11 is 1.56. The number of aromatic nitrogens is 2. The van der Waals surface area contributed by atoms with E-state index in [0.717, 1.165) is 16.6 Å². The average molecular weight is 359 g/mol. The van der Waals surface area contributed by atoms with Crippen molar-refractivity contribution < 1.29 is 4.79 Å². The molecule has 2 aliphatic heterocycles. The van der Waals surface area contributed by atoms with Crippen LogP contribution in [-0.2, 0) is 0 Å². The van der Waals surface area contributed by atoms with Gasteiger partial charge in [0.05, 0.1) is 0 Å². The van der Waals surface area contributed by atoms with Gasteiger partial charge in [0.1, 0.15) is 5.69 Å². The highest BCUT2D eigenvalue weighted by Gasteiger charge is 2.33. The van der Waals surface area contributed by atoms with Crippen LogP contribution in [0.5, 0.6) is 0 Å². The number of carbonyl (C=O) groups is 1. The van der Waals surface area contributed by atoms with Crippen molar-refractivity contribution in [3.05, 3.63) is 35.1 Å². The molecule has 2 aliphatic rings. The number of thiazole rings is 1. The van der Waals surface area contributed by atoms with E-state index in [4.69, 9.17) is 0 Å². The first-order chi connectivity index (χ1) is 12.2. The summed E-state index contributed by atoms with van der Waals surface area (Å²) in [5.41, 5.74) is 0.574. The first kappa shape index (κ1) is 16.8. The van der Waals surface area contributed by atoms with Crippen molar-refractivity contribution in [1.82, 2.24) is 19.8 Å². The molecule has 0 saturated carbocycles. The summed E-state index contributed by atoms with van der Waals surface area (Å²) < 4.78 is 1.95. The summed E-state index contributed by atoms with van der Waals surface area (Å²) in [7, 11) is 0. The normalized spacial score (nSPS) is 24.0. The molecule has 2 saturated heterocycles. The molecule has 2 fully saturated rings. The summed E-state index contributed by atoms with van der Waals surface area (Å²) in [6.45, 7) is 5.22. The van der Waals surface area contributed by atoms with Crippen molar-refractivity contribution in [2.75, 3.05) is 19.6 Å². The van der Waals surface area contributed by atoms with Crippen LogP contribution in [0.3, 0.4) is 0 Å². The Kier molecular flexibility index (Phi) is 4.90. The summed E-state index contributed by atoms with van der Waals surface area (Å²) in [6.07, 6.45) is 10.3. The Morgan fingerprint density at radius 1 is 1.24 bits per heavy atom. The Morgan fingerprint density at radius 3 is 2.88 bits per heavy atom. The first-order valence-electron chi connectivity index (χ1n) is 9.35. The molecular weight excluding hydrogens is 332 g/mol. The van der Waals surface area contributed by atoms with Crippen LogP contribution in [0, 0.1) is 12.8 Å². The van der Waals surface area contributed by atoms with Crippen LogP contribution < -0.4 is 5.32 Å². The van der Waals surface area contributed by atoms with Gasteiger partial charge >= 0.3 is 0 Å². The number of carbonyl (C=O) groups excluding carboxylic acids is 1. The molecule has 25 heavy (non-hydrogen) atoms. The van der Waals surface area contributed by atoms with Gasteiger partial charge in [0.15, 0.2) is 5.13 Å². The predicted octanol–water partition coefficient (Wildman–Crippen LogP) is 3.24. The van der Waals surface area contributed by atoms with E-state index in [9.17, 15) is 4.79 Å². The molecule has 2 aromatic heterocycles. The molecule has 4 heterocycles. The Labute approximate surface area is 153 Å². The number of amides is 1. The third-order valence-electron chi connectivity index (χ3n) is 5.58. The van der Waals surface area contributed by atoms with Crippen molar-refractivity contribution in [2.45, 2.75) is 45.1 Å². The number of aryl methyl sites for hydroxylation is 1. The molecule has 0 bridgehead atoms. The van der Waals surface area contributed by atoms with E-state index < -0.39 is 0 Å². The topological polar surface area (TPSA) is 50.2 Å². The summed E-state index contributed by atoms with van der Waals surface area (Å²) in [6, 6.07) is 4.60. The Morgan fingerprint density at radius 2 is 2.04 bits per heavy atom. The number of nitrogens with one attached hydrogen (secondary N) is 1. The van der Waals surface area contributed by atoms with Gasteiger partial charge in [0.2, 0.25) is 0 Å². The summed E-state index contributed by atoms with van der Waals surface area (Å²) in [5.74, 6) is 0.556. The molecular formula is C19H26N4OS. The van der Waals surface area contributed by atoms with E-state index in [-0.39, 0.29) is 5.91 Å². The van der Waals surface area contributed by atoms with Crippen LogP contribution in [0.1, 0.15) is 47.5 Å². The fourth-order valence-corrected chi connectivity index (χ4v) is 5.16. The quantitative estimate of drug-likeness (QED) is 0.913. The van der Waals surface area contributed by atoms with E-state index in [2.05, 4.69) is 15.2 Å². The largest absolute Gasteiger partial charge is 0.350 e. The predicted molar refractivity (Wildman–Crippen MR) is 100 cm³/mol. The second kappa shape index (κ2) is 7.30. The average Bonchev–Trinajstić information content (AvgIpc) is 3.29. The molecule has 0 aliphatic carbocycles. The molecule has 134 valence electrons. The van der Waals surface area contributed by atoms with Gasteiger partial charge in [-0.05, 0) is 63.7 Å². The lowest BCUT2D eigenvalue weighted by Crippen LogP contribution is -2.51. The summed E-state index contributed by atoms with van der Waals surface area (Å²) in [5, 5.41) is 4.02. The molecule has 1 N–H and O–H groups in total. The van der Waals surface area contributed by atoms with E-state index >= 15 is 0 Å². The third kappa shape index (κ3) is 3.51.